The van der Waals surface area contributed by atoms with Crippen LogP contribution in [0.2, 0.25) is 0 Å². The summed E-state index contributed by atoms with van der Waals surface area (Å²) in [7, 11) is 0. The number of hydrogen-bond acceptors (Lipinski definition) is 2. The number of benzene rings is 1. The van der Waals surface area contributed by atoms with Crippen molar-refractivity contribution in [2.45, 2.75) is 25.1 Å². The highest BCUT2D eigenvalue weighted by Crippen LogP contribution is 2.21. The molecule has 0 radical (unpaired) electrons. The highest BCUT2D eigenvalue weighted by Gasteiger charge is 2.29. The lowest BCUT2D eigenvalue weighted by molar-refractivity contribution is 0.173. The Labute approximate surface area is 95.5 Å². The quantitative estimate of drug-likeness (QED) is 0.794. The third-order valence-corrected chi connectivity index (χ3v) is 3.27. The summed E-state index contributed by atoms with van der Waals surface area (Å²) in [5.41, 5.74) is 1.28. The highest BCUT2D eigenvalue weighted by atomic mass is 35.5. The Morgan fingerprint density at radius 3 is 2.73 bits per heavy atom. The maximum atomic E-state index is 9.58. The van der Waals surface area contributed by atoms with Crippen LogP contribution in [0.3, 0.4) is 0 Å². The second-order valence-electron chi connectivity index (χ2n) is 4.11. The molecular weight excluding hydrogens is 210 g/mol. The Kier molecular flexibility index (Phi) is 3.62. The molecule has 1 fully saturated rings. The number of aliphatic hydroxyl groups is 1. The number of rotatable bonds is 3. The van der Waals surface area contributed by atoms with Gasteiger partial charge in [0.15, 0.2) is 0 Å². The van der Waals surface area contributed by atoms with Gasteiger partial charge in [-0.25, -0.2) is 0 Å². The molecule has 3 heteroatoms. The molecule has 0 unspecified atom stereocenters. The fourth-order valence-electron chi connectivity index (χ4n) is 2.13. The third-order valence-electron chi connectivity index (χ3n) is 2.91. The van der Waals surface area contributed by atoms with Crippen LogP contribution in [0.5, 0.6) is 0 Å². The lowest BCUT2D eigenvalue weighted by atomic mass is 10.2. The van der Waals surface area contributed by atoms with Crippen molar-refractivity contribution in [3.05, 3.63) is 35.9 Å². The molecule has 0 amide bonds. The monoisotopic (exact) mass is 225 g/mol. The minimum Gasteiger partial charge on any atom is -0.392 e. The van der Waals surface area contributed by atoms with Crippen molar-refractivity contribution < 1.29 is 5.11 Å². The van der Waals surface area contributed by atoms with Gasteiger partial charge < -0.3 is 5.11 Å². The van der Waals surface area contributed by atoms with E-state index < -0.39 is 0 Å². The summed E-state index contributed by atoms with van der Waals surface area (Å²) in [6.45, 7) is 1.63. The normalized spacial score (nSPS) is 27.1. The maximum Gasteiger partial charge on any atom is 0.0682 e. The van der Waals surface area contributed by atoms with E-state index in [9.17, 15) is 5.11 Å². The summed E-state index contributed by atoms with van der Waals surface area (Å²) in [6, 6.07) is 10.6. The van der Waals surface area contributed by atoms with Crippen LogP contribution in [0.4, 0.5) is 0 Å². The SMILES string of the molecule is O[C@@H]1C[C@H](CCl)N(Cc2ccccc2)C1. The smallest absolute Gasteiger partial charge is 0.0682 e. The largest absolute Gasteiger partial charge is 0.392 e. The number of β-amino-alcohol motifs (C(OH)–C–C–N with tert-alkyl or cyclic N) is 1. The summed E-state index contributed by atoms with van der Waals surface area (Å²) < 4.78 is 0. The number of halogens is 1. The van der Waals surface area contributed by atoms with E-state index in [1.807, 2.05) is 18.2 Å². The fourth-order valence-corrected chi connectivity index (χ4v) is 2.45. The van der Waals surface area contributed by atoms with Gasteiger partial charge in [0.25, 0.3) is 0 Å². The summed E-state index contributed by atoms with van der Waals surface area (Å²) in [4.78, 5) is 2.26. The Balaban J connectivity index is 2.00. The van der Waals surface area contributed by atoms with Crippen molar-refractivity contribution in [2.24, 2.45) is 0 Å². The molecule has 0 bridgehead atoms. The van der Waals surface area contributed by atoms with Crippen molar-refractivity contribution in [3.63, 3.8) is 0 Å². The molecule has 0 spiro atoms. The van der Waals surface area contributed by atoms with Crippen molar-refractivity contribution in [3.8, 4) is 0 Å². The Hall–Kier alpha value is -0.570. The zero-order valence-corrected chi connectivity index (χ0v) is 9.40. The van der Waals surface area contributed by atoms with Gasteiger partial charge in [-0.05, 0) is 12.0 Å². The Morgan fingerprint density at radius 1 is 1.33 bits per heavy atom. The van der Waals surface area contributed by atoms with Crippen molar-refractivity contribution >= 4 is 11.6 Å². The molecule has 1 saturated heterocycles. The molecule has 1 heterocycles. The molecule has 2 rings (SSSR count). The van der Waals surface area contributed by atoms with Crippen LogP contribution >= 0.6 is 11.6 Å². The number of alkyl halides is 1. The van der Waals surface area contributed by atoms with Gasteiger partial charge in [-0.3, -0.25) is 4.90 Å². The first-order valence-corrected chi connectivity index (χ1v) is 5.85. The number of aliphatic hydroxyl groups excluding tert-OH is 1. The van der Waals surface area contributed by atoms with Gasteiger partial charge in [0.05, 0.1) is 6.10 Å². The van der Waals surface area contributed by atoms with E-state index in [0.717, 1.165) is 19.5 Å². The van der Waals surface area contributed by atoms with Gasteiger partial charge in [-0.15, -0.1) is 11.6 Å². The lowest BCUT2D eigenvalue weighted by Crippen LogP contribution is -2.30. The molecule has 1 N–H and O–H groups in total. The zero-order valence-electron chi connectivity index (χ0n) is 8.64. The van der Waals surface area contributed by atoms with Gasteiger partial charge >= 0.3 is 0 Å². The second-order valence-corrected chi connectivity index (χ2v) is 4.42. The summed E-state index contributed by atoms with van der Waals surface area (Å²) in [5.74, 6) is 0.601. The first-order valence-electron chi connectivity index (χ1n) is 5.31. The molecule has 15 heavy (non-hydrogen) atoms. The zero-order chi connectivity index (χ0) is 10.7. The molecule has 2 nitrogen and oxygen atoms in total. The summed E-state index contributed by atoms with van der Waals surface area (Å²) in [5, 5.41) is 9.58. The molecule has 2 atom stereocenters. The van der Waals surface area contributed by atoms with E-state index >= 15 is 0 Å². The van der Waals surface area contributed by atoms with Crippen LogP contribution < -0.4 is 0 Å². The van der Waals surface area contributed by atoms with Gasteiger partial charge in [0.2, 0.25) is 0 Å². The third kappa shape index (κ3) is 2.71. The summed E-state index contributed by atoms with van der Waals surface area (Å²) in [6.07, 6.45) is 0.591. The van der Waals surface area contributed by atoms with E-state index in [4.69, 9.17) is 11.6 Å². The van der Waals surface area contributed by atoms with Crippen LogP contribution in [0.15, 0.2) is 30.3 Å². The molecule has 1 aromatic carbocycles. The lowest BCUT2D eigenvalue weighted by Gasteiger charge is -2.22. The predicted molar refractivity (Wildman–Crippen MR) is 62.0 cm³/mol. The van der Waals surface area contributed by atoms with Crippen LogP contribution in [0, 0.1) is 0 Å². The highest BCUT2D eigenvalue weighted by molar-refractivity contribution is 6.18. The fraction of sp³-hybridized carbons (Fsp3) is 0.500. The first kappa shape index (κ1) is 10.9. The van der Waals surface area contributed by atoms with Gasteiger partial charge in [-0.1, -0.05) is 30.3 Å². The van der Waals surface area contributed by atoms with Crippen molar-refractivity contribution in [2.75, 3.05) is 12.4 Å². The van der Waals surface area contributed by atoms with E-state index in [1.54, 1.807) is 0 Å². The molecule has 1 aromatic rings. The van der Waals surface area contributed by atoms with Gasteiger partial charge in [0, 0.05) is 25.0 Å². The minimum absolute atomic E-state index is 0.211. The first-order chi connectivity index (χ1) is 7.29. The average molecular weight is 226 g/mol. The predicted octanol–water partition coefficient (Wildman–Crippen LogP) is 1.86. The number of likely N-dealkylation sites (tertiary alicyclic amines) is 1. The van der Waals surface area contributed by atoms with E-state index in [-0.39, 0.29) is 6.10 Å². The molecule has 1 aliphatic heterocycles. The standard InChI is InChI=1S/C12H16ClNO/c13-7-11-6-12(15)9-14(11)8-10-4-2-1-3-5-10/h1-5,11-12,15H,6-9H2/t11-,12-/m1/s1. The Bertz CT molecular complexity index is 304. The van der Waals surface area contributed by atoms with Crippen molar-refractivity contribution in [1.82, 2.24) is 4.90 Å². The Morgan fingerprint density at radius 2 is 2.07 bits per heavy atom. The minimum atomic E-state index is -0.211. The molecular formula is C12H16ClNO. The van der Waals surface area contributed by atoms with Crippen molar-refractivity contribution in [1.29, 1.82) is 0 Å². The molecule has 0 aromatic heterocycles. The summed E-state index contributed by atoms with van der Waals surface area (Å²) >= 11 is 5.88. The molecule has 1 aliphatic rings. The van der Waals surface area contributed by atoms with E-state index in [2.05, 4.69) is 17.0 Å². The molecule has 82 valence electrons. The number of hydrogen-bond donors (Lipinski definition) is 1. The molecule has 0 saturated carbocycles. The van der Waals surface area contributed by atoms with Crippen LogP contribution in [0.1, 0.15) is 12.0 Å². The van der Waals surface area contributed by atoms with E-state index in [0.29, 0.717) is 11.9 Å². The number of nitrogens with zero attached hydrogens (tertiary/aromatic N) is 1. The topological polar surface area (TPSA) is 23.5 Å². The van der Waals surface area contributed by atoms with Crippen LogP contribution in [-0.4, -0.2) is 34.6 Å². The van der Waals surface area contributed by atoms with Gasteiger partial charge in [0.1, 0.15) is 0 Å². The van der Waals surface area contributed by atoms with Crippen LogP contribution in [-0.2, 0) is 6.54 Å². The van der Waals surface area contributed by atoms with Crippen LogP contribution in [0.25, 0.3) is 0 Å². The second kappa shape index (κ2) is 4.97. The van der Waals surface area contributed by atoms with E-state index in [1.165, 1.54) is 5.56 Å². The average Bonchev–Trinajstić information content (AvgIpc) is 2.60. The molecule has 0 aliphatic carbocycles. The van der Waals surface area contributed by atoms with Gasteiger partial charge in [-0.2, -0.15) is 0 Å². The maximum absolute atomic E-state index is 9.58.